The summed E-state index contributed by atoms with van der Waals surface area (Å²) >= 11 is 8.56. The van der Waals surface area contributed by atoms with Gasteiger partial charge >= 0.3 is 0 Å². The van der Waals surface area contributed by atoms with Crippen molar-refractivity contribution in [3.8, 4) is 0 Å². The molecule has 0 spiro atoms. The Hall–Kier alpha value is -0.610. The van der Waals surface area contributed by atoms with Gasteiger partial charge in [0.25, 0.3) is 0 Å². The molecule has 2 rings (SSSR count). The highest BCUT2D eigenvalue weighted by atomic mass is 79.9. The molecule has 0 atom stereocenters. The molecule has 0 unspecified atom stereocenters. The van der Waals surface area contributed by atoms with Crippen LogP contribution in [-0.2, 0) is 0 Å². The molecular formula is C14H19BrN2S. The molecule has 1 aromatic carbocycles. The topological polar surface area (TPSA) is 38.0 Å². The molecule has 0 aromatic heterocycles. The van der Waals surface area contributed by atoms with Crippen molar-refractivity contribution in [1.82, 2.24) is 0 Å². The van der Waals surface area contributed by atoms with E-state index in [4.69, 9.17) is 18.0 Å². The molecule has 2 nitrogen and oxygen atoms in total. The lowest BCUT2D eigenvalue weighted by Gasteiger charge is -2.13. The molecular weight excluding hydrogens is 308 g/mol. The summed E-state index contributed by atoms with van der Waals surface area (Å²) in [5.41, 5.74) is 8.28. The van der Waals surface area contributed by atoms with Crippen molar-refractivity contribution in [2.75, 3.05) is 5.32 Å². The van der Waals surface area contributed by atoms with Gasteiger partial charge in [-0.15, -0.1) is 0 Å². The lowest BCUT2D eigenvalue weighted by atomic mass is 10.0. The zero-order chi connectivity index (χ0) is 13.7. The number of nitrogens with one attached hydrogen (secondary N) is 1. The van der Waals surface area contributed by atoms with Gasteiger partial charge in [-0.25, -0.2) is 0 Å². The van der Waals surface area contributed by atoms with E-state index in [1.807, 2.05) is 18.2 Å². The molecule has 1 fully saturated rings. The van der Waals surface area contributed by atoms with Crippen LogP contribution in [0.1, 0.15) is 33.3 Å². The van der Waals surface area contributed by atoms with Crippen LogP contribution in [0.5, 0.6) is 0 Å². The highest BCUT2D eigenvalue weighted by molar-refractivity contribution is 9.10. The molecule has 18 heavy (non-hydrogen) atoms. The van der Waals surface area contributed by atoms with E-state index in [-0.39, 0.29) is 10.8 Å². The van der Waals surface area contributed by atoms with E-state index in [2.05, 4.69) is 48.9 Å². The Kier molecular flexibility index (Phi) is 3.23. The number of halogens is 1. The molecule has 4 heteroatoms. The first-order valence-corrected chi connectivity index (χ1v) is 7.24. The van der Waals surface area contributed by atoms with Crippen LogP contribution in [0.15, 0.2) is 22.7 Å². The standard InChI is InChI=1S/C14H19BrN2S/c1-13(2)12(14(13,3)4)17-10-6-5-8(15)7-9(10)11(16)18/h5-7,12,17H,1-4H3,(H2,16,18). The molecule has 1 aliphatic rings. The molecule has 1 aliphatic carbocycles. The van der Waals surface area contributed by atoms with Crippen molar-refractivity contribution >= 4 is 38.8 Å². The van der Waals surface area contributed by atoms with Crippen molar-refractivity contribution in [1.29, 1.82) is 0 Å². The van der Waals surface area contributed by atoms with Gasteiger partial charge < -0.3 is 11.1 Å². The highest BCUT2D eigenvalue weighted by Gasteiger charge is 2.65. The van der Waals surface area contributed by atoms with Crippen LogP contribution < -0.4 is 11.1 Å². The summed E-state index contributed by atoms with van der Waals surface area (Å²) in [4.78, 5) is 0.426. The molecule has 0 aliphatic heterocycles. The Morgan fingerprint density at radius 2 is 1.83 bits per heavy atom. The van der Waals surface area contributed by atoms with Gasteiger partial charge in [0.15, 0.2) is 0 Å². The van der Waals surface area contributed by atoms with Gasteiger partial charge in [-0.1, -0.05) is 55.8 Å². The van der Waals surface area contributed by atoms with Crippen LogP contribution in [0.4, 0.5) is 5.69 Å². The first kappa shape index (κ1) is 13.8. The van der Waals surface area contributed by atoms with Crippen LogP contribution in [-0.4, -0.2) is 11.0 Å². The van der Waals surface area contributed by atoms with Crippen molar-refractivity contribution in [2.24, 2.45) is 16.6 Å². The number of anilines is 1. The van der Waals surface area contributed by atoms with Crippen molar-refractivity contribution in [3.05, 3.63) is 28.2 Å². The predicted octanol–water partition coefficient (Wildman–Crippen LogP) is 3.93. The molecule has 0 amide bonds. The summed E-state index contributed by atoms with van der Waals surface area (Å²) in [6.45, 7) is 9.13. The summed E-state index contributed by atoms with van der Waals surface area (Å²) < 4.78 is 0.991. The Bertz CT molecular complexity index is 495. The van der Waals surface area contributed by atoms with Gasteiger partial charge in [-0.05, 0) is 29.0 Å². The first-order chi connectivity index (χ1) is 8.18. The Morgan fingerprint density at radius 3 is 2.28 bits per heavy atom. The van der Waals surface area contributed by atoms with E-state index in [0.717, 1.165) is 15.7 Å². The fraction of sp³-hybridized carbons (Fsp3) is 0.500. The smallest absolute Gasteiger partial charge is 0.106 e. The maximum Gasteiger partial charge on any atom is 0.106 e. The van der Waals surface area contributed by atoms with E-state index in [1.165, 1.54) is 0 Å². The summed E-state index contributed by atoms with van der Waals surface area (Å²) in [5, 5.41) is 3.59. The fourth-order valence-electron chi connectivity index (χ4n) is 2.56. The molecule has 0 heterocycles. The number of benzene rings is 1. The van der Waals surface area contributed by atoms with E-state index >= 15 is 0 Å². The van der Waals surface area contributed by atoms with E-state index in [1.54, 1.807) is 0 Å². The maximum absolute atomic E-state index is 5.79. The largest absolute Gasteiger partial charge is 0.389 e. The van der Waals surface area contributed by atoms with Crippen LogP contribution in [0.3, 0.4) is 0 Å². The van der Waals surface area contributed by atoms with Crippen molar-refractivity contribution in [2.45, 2.75) is 33.7 Å². The van der Waals surface area contributed by atoms with Gasteiger partial charge in [-0.2, -0.15) is 0 Å². The Morgan fingerprint density at radius 1 is 1.28 bits per heavy atom. The van der Waals surface area contributed by atoms with Gasteiger partial charge in [0, 0.05) is 21.8 Å². The third kappa shape index (κ3) is 2.05. The average Bonchev–Trinajstić information content (AvgIpc) is 2.62. The first-order valence-electron chi connectivity index (χ1n) is 6.04. The van der Waals surface area contributed by atoms with Crippen molar-refractivity contribution in [3.63, 3.8) is 0 Å². The quantitative estimate of drug-likeness (QED) is 0.826. The second kappa shape index (κ2) is 4.20. The van der Waals surface area contributed by atoms with E-state index in [0.29, 0.717) is 11.0 Å². The minimum Gasteiger partial charge on any atom is -0.389 e. The lowest BCUT2D eigenvalue weighted by molar-refractivity contribution is 0.457. The van der Waals surface area contributed by atoms with Gasteiger partial charge in [0.1, 0.15) is 4.99 Å². The molecule has 0 bridgehead atoms. The SMILES string of the molecule is CC1(C)C(Nc2ccc(Br)cc2C(N)=S)C1(C)C. The number of hydrogen-bond donors (Lipinski definition) is 2. The van der Waals surface area contributed by atoms with Crippen molar-refractivity contribution < 1.29 is 0 Å². The summed E-state index contributed by atoms with van der Waals surface area (Å²) in [6, 6.07) is 6.45. The third-order valence-corrected chi connectivity index (χ3v) is 5.28. The van der Waals surface area contributed by atoms with Crippen LogP contribution in [0.25, 0.3) is 0 Å². The van der Waals surface area contributed by atoms with Crippen LogP contribution in [0, 0.1) is 10.8 Å². The number of hydrogen-bond acceptors (Lipinski definition) is 2. The summed E-state index contributed by atoms with van der Waals surface area (Å²) in [6.07, 6.45) is 0. The lowest BCUT2D eigenvalue weighted by Crippen LogP contribution is -2.16. The highest BCUT2D eigenvalue weighted by Crippen LogP contribution is 2.63. The number of rotatable bonds is 3. The molecule has 0 radical (unpaired) electrons. The maximum atomic E-state index is 5.79. The second-order valence-corrected chi connectivity index (χ2v) is 7.43. The number of thiocarbonyl (C=S) groups is 1. The zero-order valence-electron chi connectivity index (χ0n) is 11.2. The third-order valence-electron chi connectivity index (χ3n) is 4.57. The Labute approximate surface area is 122 Å². The van der Waals surface area contributed by atoms with Gasteiger partial charge in [0.2, 0.25) is 0 Å². The van der Waals surface area contributed by atoms with Gasteiger partial charge in [0.05, 0.1) is 0 Å². The predicted molar refractivity (Wildman–Crippen MR) is 85.0 cm³/mol. The molecule has 98 valence electrons. The van der Waals surface area contributed by atoms with Gasteiger partial charge in [-0.3, -0.25) is 0 Å². The molecule has 0 saturated heterocycles. The normalized spacial score (nSPS) is 20.5. The molecule has 1 saturated carbocycles. The van der Waals surface area contributed by atoms with Crippen LogP contribution in [0.2, 0.25) is 0 Å². The second-order valence-electron chi connectivity index (χ2n) is 6.07. The number of nitrogens with two attached hydrogens (primary N) is 1. The Balaban J connectivity index is 2.29. The minimum absolute atomic E-state index is 0.285. The summed E-state index contributed by atoms with van der Waals surface area (Å²) in [5.74, 6) is 0. The molecule has 3 N–H and O–H groups in total. The van der Waals surface area contributed by atoms with Crippen LogP contribution >= 0.6 is 28.1 Å². The monoisotopic (exact) mass is 326 g/mol. The van der Waals surface area contributed by atoms with E-state index < -0.39 is 0 Å². The molecule has 1 aromatic rings. The zero-order valence-corrected chi connectivity index (χ0v) is 13.6. The minimum atomic E-state index is 0.285. The fourth-order valence-corrected chi connectivity index (χ4v) is 3.09. The summed E-state index contributed by atoms with van der Waals surface area (Å²) in [7, 11) is 0. The average molecular weight is 327 g/mol. The van der Waals surface area contributed by atoms with E-state index in [9.17, 15) is 0 Å².